The molecule has 0 radical (unpaired) electrons. The van der Waals surface area contributed by atoms with E-state index in [2.05, 4.69) is 0 Å². The van der Waals surface area contributed by atoms with Gasteiger partial charge in [-0.15, -0.1) is 0 Å². The van der Waals surface area contributed by atoms with E-state index in [9.17, 15) is 4.79 Å². The normalized spacial score (nSPS) is 11.1. The number of carbonyl (C=O) groups excluding carboxylic acids is 1. The molecule has 13 heavy (non-hydrogen) atoms. The minimum absolute atomic E-state index is 0.377. The molecule has 0 bridgehead atoms. The second-order valence-corrected chi connectivity index (χ2v) is 2.97. The molecule has 4 nitrogen and oxygen atoms in total. The van der Waals surface area contributed by atoms with Gasteiger partial charge in [-0.05, 0) is 19.3 Å². The lowest BCUT2D eigenvalue weighted by Crippen LogP contribution is -2.43. The summed E-state index contributed by atoms with van der Waals surface area (Å²) in [6, 6.07) is 0. The molecular formula is C9H19NO3. The molecule has 0 aromatic rings. The van der Waals surface area contributed by atoms with Crippen molar-refractivity contribution in [2.24, 2.45) is 5.73 Å². The number of hydrogen-bond acceptors (Lipinski definition) is 4. The summed E-state index contributed by atoms with van der Waals surface area (Å²) in [6.07, 6.45) is 1.29. The lowest BCUT2D eigenvalue weighted by Gasteiger charge is -2.25. The summed E-state index contributed by atoms with van der Waals surface area (Å²) in [5.74, 6) is 0. The van der Waals surface area contributed by atoms with Gasteiger partial charge < -0.3 is 9.47 Å². The first kappa shape index (κ1) is 12.2. The Balaban J connectivity index is 3.87. The molecule has 0 saturated carbocycles. The fourth-order valence-electron chi connectivity index (χ4n) is 0.775. The molecular weight excluding hydrogens is 170 g/mol. The van der Waals surface area contributed by atoms with Crippen LogP contribution in [-0.4, -0.2) is 18.5 Å². The van der Waals surface area contributed by atoms with E-state index >= 15 is 0 Å². The smallest absolute Gasteiger partial charge is 0.434 e. The van der Waals surface area contributed by atoms with Crippen molar-refractivity contribution < 1.29 is 14.3 Å². The predicted octanol–water partition coefficient (Wildman–Crippen LogP) is 2.02. The molecule has 0 unspecified atom stereocenters. The van der Waals surface area contributed by atoms with E-state index < -0.39 is 11.9 Å². The quantitative estimate of drug-likeness (QED) is 0.531. The number of carbonyl (C=O) groups is 1. The first-order valence-electron chi connectivity index (χ1n) is 4.72. The van der Waals surface area contributed by atoms with Crippen LogP contribution in [0.3, 0.4) is 0 Å². The Hall–Kier alpha value is -0.770. The van der Waals surface area contributed by atoms with Crippen LogP contribution in [0, 0.1) is 0 Å². The van der Waals surface area contributed by atoms with Gasteiger partial charge in [-0.25, -0.2) is 4.79 Å². The number of rotatable bonds is 5. The highest BCUT2D eigenvalue weighted by molar-refractivity contribution is 5.60. The summed E-state index contributed by atoms with van der Waals surface area (Å²) < 4.78 is 9.70. The molecule has 0 spiro atoms. The van der Waals surface area contributed by atoms with E-state index in [1.807, 2.05) is 20.8 Å². The molecule has 0 rings (SSSR count). The lowest BCUT2D eigenvalue weighted by atomic mass is 10.1. The second-order valence-electron chi connectivity index (χ2n) is 2.97. The van der Waals surface area contributed by atoms with Gasteiger partial charge in [0.05, 0.1) is 6.61 Å². The van der Waals surface area contributed by atoms with E-state index in [1.54, 1.807) is 0 Å². The molecule has 0 heterocycles. The number of ether oxygens (including phenoxy) is 2. The fourth-order valence-corrected chi connectivity index (χ4v) is 0.775. The summed E-state index contributed by atoms with van der Waals surface area (Å²) >= 11 is 0. The summed E-state index contributed by atoms with van der Waals surface area (Å²) in [7, 11) is 0. The van der Waals surface area contributed by atoms with Gasteiger partial charge in [-0.2, -0.15) is 0 Å². The largest absolute Gasteiger partial charge is 0.510 e. The molecule has 0 saturated heterocycles. The Kier molecular flexibility index (Phi) is 5.46. The van der Waals surface area contributed by atoms with Gasteiger partial charge in [0.1, 0.15) is 0 Å². The van der Waals surface area contributed by atoms with Gasteiger partial charge in [0.15, 0.2) is 5.72 Å². The summed E-state index contributed by atoms with van der Waals surface area (Å²) in [5, 5.41) is 0. The van der Waals surface area contributed by atoms with Crippen molar-refractivity contribution in [3.8, 4) is 0 Å². The molecule has 0 aromatic heterocycles. The highest BCUT2D eigenvalue weighted by atomic mass is 16.7. The monoisotopic (exact) mass is 189 g/mol. The van der Waals surface area contributed by atoms with Crippen LogP contribution >= 0.6 is 0 Å². The Morgan fingerprint density at radius 3 is 2.23 bits per heavy atom. The number of nitrogens with two attached hydrogens (primary N) is 1. The van der Waals surface area contributed by atoms with E-state index in [0.717, 1.165) is 6.42 Å². The zero-order valence-electron chi connectivity index (χ0n) is 8.63. The summed E-state index contributed by atoms with van der Waals surface area (Å²) in [5.41, 5.74) is 4.88. The van der Waals surface area contributed by atoms with Crippen molar-refractivity contribution in [3.63, 3.8) is 0 Å². The highest BCUT2D eigenvalue weighted by Crippen LogP contribution is 2.13. The fraction of sp³-hybridized carbons (Fsp3) is 0.889. The van der Waals surface area contributed by atoms with Crippen LogP contribution in [0.2, 0.25) is 0 Å². The van der Waals surface area contributed by atoms with Gasteiger partial charge in [-0.1, -0.05) is 20.8 Å². The molecule has 0 amide bonds. The molecule has 0 aromatic carbocycles. The highest BCUT2D eigenvalue weighted by Gasteiger charge is 2.25. The molecule has 0 atom stereocenters. The van der Waals surface area contributed by atoms with Crippen molar-refractivity contribution in [1.82, 2.24) is 0 Å². The van der Waals surface area contributed by atoms with Gasteiger partial charge in [-0.3, -0.25) is 5.73 Å². The SMILES string of the molecule is CCCOC(=O)OC(N)(CC)CC. The Morgan fingerprint density at radius 2 is 1.85 bits per heavy atom. The maximum atomic E-state index is 11.0. The first-order chi connectivity index (χ1) is 6.08. The minimum atomic E-state index is -0.870. The Labute approximate surface area is 79.4 Å². The minimum Gasteiger partial charge on any atom is -0.434 e. The van der Waals surface area contributed by atoms with Crippen molar-refractivity contribution in [3.05, 3.63) is 0 Å². The molecule has 0 aliphatic rings. The van der Waals surface area contributed by atoms with Gasteiger partial charge in [0.2, 0.25) is 0 Å². The van der Waals surface area contributed by atoms with E-state index in [4.69, 9.17) is 15.2 Å². The van der Waals surface area contributed by atoms with Crippen LogP contribution in [0.15, 0.2) is 0 Å². The zero-order chi connectivity index (χ0) is 10.3. The van der Waals surface area contributed by atoms with E-state index in [1.165, 1.54) is 0 Å². The third-order valence-electron chi connectivity index (χ3n) is 1.91. The van der Waals surface area contributed by atoms with Gasteiger partial charge in [0, 0.05) is 0 Å². The lowest BCUT2D eigenvalue weighted by molar-refractivity contribution is -0.0367. The number of hydrogen-bond donors (Lipinski definition) is 1. The van der Waals surface area contributed by atoms with Gasteiger partial charge >= 0.3 is 6.16 Å². The maximum Gasteiger partial charge on any atom is 0.510 e. The molecule has 78 valence electrons. The van der Waals surface area contributed by atoms with Gasteiger partial charge in [0.25, 0.3) is 0 Å². The Bertz CT molecular complexity index is 155. The van der Waals surface area contributed by atoms with E-state index in [-0.39, 0.29) is 0 Å². The first-order valence-corrected chi connectivity index (χ1v) is 4.72. The molecule has 0 fully saturated rings. The molecule has 0 aliphatic carbocycles. The summed E-state index contributed by atoms with van der Waals surface area (Å²) in [4.78, 5) is 11.0. The maximum absolute atomic E-state index is 11.0. The van der Waals surface area contributed by atoms with Crippen LogP contribution < -0.4 is 5.73 Å². The van der Waals surface area contributed by atoms with Crippen LogP contribution in [-0.2, 0) is 9.47 Å². The average Bonchev–Trinajstić information content (AvgIpc) is 2.14. The van der Waals surface area contributed by atoms with Crippen LogP contribution in [0.1, 0.15) is 40.0 Å². The third-order valence-corrected chi connectivity index (χ3v) is 1.91. The molecule has 0 aliphatic heterocycles. The zero-order valence-corrected chi connectivity index (χ0v) is 8.63. The molecule has 2 N–H and O–H groups in total. The van der Waals surface area contributed by atoms with E-state index in [0.29, 0.717) is 19.4 Å². The molecule has 4 heteroatoms. The van der Waals surface area contributed by atoms with Crippen LogP contribution in [0.25, 0.3) is 0 Å². The van der Waals surface area contributed by atoms with Crippen molar-refractivity contribution in [2.45, 2.75) is 45.8 Å². The average molecular weight is 189 g/mol. The van der Waals surface area contributed by atoms with Crippen molar-refractivity contribution in [1.29, 1.82) is 0 Å². The third kappa shape index (κ3) is 4.72. The standard InChI is InChI=1S/C9H19NO3/c1-4-7-12-8(11)13-9(10,5-2)6-3/h4-7,10H2,1-3H3. The van der Waals surface area contributed by atoms with Crippen molar-refractivity contribution in [2.75, 3.05) is 6.61 Å². The van der Waals surface area contributed by atoms with Crippen LogP contribution in [0.5, 0.6) is 0 Å². The summed E-state index contributed by atoms with van der Waals surface area (Å²) in [6.45, 7) is 6.04. The Morgan fingerprint density at radius 1 is 1.31 bits per heavy atom. The van der Waals surface area contributed by atoms with Crippen molar-refractivity contribution >= 4 is 6.16 Å². The van der Waals surface area contributed by atoms with Crippen LogP contribution in [0.4, 0.5) is 4.79 Å². The second kappa shape index (κ2) is 5.80. The predicted molar refractivity (Wildman–Crippen MR) is 50.2 cm³/mol. The topological polar surface area (TPSA) is 61.5 Å².